The highest BCUT2D eigenvalue weighted by Gasteiger charge is 2.10. The highest BCUT2D eigenvalue weighted by molar-refractivity contribution is 5.47. The smallest absolute Gasteiger partial charge is 0.163 e. The Morgan fingerprint density at radius 3 is 0.712 bits per heavy atom. The van der Waals surface area contributed by atoms with Gasteiger partial charge in [-0.05, 0) is 45.2 Å². The van der Waals surface area contributed by atoms with Crippen molar-refractivity contribution in [2.24, 2.45) is 0 Å². The summed E-state index contributed by atoms with van der Waals surface area (Å²) in [4.78, 5) is 0. The van der Waals surface area contributed by atoms with Gasteiger partial charge in [0.15, 0.2) is 23.0 Å². The van der Waals surface area contributed by atoms with Gasteiger partial charge in [-0.25, -0.2) is 0 Å². The maximum absolute atomic E-state index is 6.29. The van der Waals surface area contributed by atoms with E-state index in [0.717, 1.165) is 22.3 Å². The predicted molar refractivity (Wildman–Crippen MR) is 202 cm³/mol. The maximum Gasteiger partial charge on any atom is 0.163 e. The van der Waals surface area contributed by atoms with Gasteiger partial charge in [0.2, 0.25) is 0 Å². The Bertz CT molecular complexity index is 2310. The van der Waals surface area contributed by atoms with Crippen molar-refractivity contribution >= 4 is 22.9 Å². The first-order valence-corrected chi connectivity index (χ1v) is 16.8. The quantitative estimate of drug-likeness (QED) is 0.132. The third-order valence-electron chi connectivity index (χ3n) is 8.03. The summed E-state index contributed by atoms with van der Waals surface area (Å²) in [7, 11) is 0. The van der Waals surface area contributed by atoms with Crippen LogP contribution in [0.4, 0.5) is 0 Å². The largest absolute Gasteiger partial charge is 0.485 e. The van der Waals surface area contributed by atoms with Gasteiger partial charge in [-0.15, -0.1) is 0 Å². The molecule has 0 N–H and O–H groups in total. The maximum atomic E-state index is 6.29. The van der Waals surface area contributed by atoms with Crippen molar-refractivity contribution in [1.82, 2.24) is 0 Å². The van der Waals surface area contributed by atoms with Gasteiger partial charge in [-0.1, -0.05) is 144 Å². The molecular weight excluding hydrogens is 641 g/mol. The van der Waals surface area contributed by atoms with E-state index in [-0.39, 0.29) is 0 Å². The second-order valence-electron chi connectivity index (χ2n) is 11.8. The summed E-state index contributed by atoms with van der Waals surface area (Å²) in [6.07, 6.45) is 0. The van der Waals surface area contributed by atoms with Gasteiger partial charge >= 0.3 is 0 Å². The van der Waals surface area contributed by atoms with Crippen molar-refractivity contribution in [3.63, 3.8) is 0 Å². The fourth-order valence-electron chi connectivity index (χ4n) is 5.32. The molecule has 0 spiro atoms. The average molecular weight is 673 g/mol. The number of ether oxygens (including phenoxy) is 4. The number of fused-ring (bicyclic) bond motifs is 2. The minimum absolute atomic E-state index is 0.369. The summed E-state index contributed by atoms with van der Waals surface area (Å²) in [5, 5.41) is 2.65. The molecule has 6 aromatic rings. The van der Waals surface area contributed by atoms with E-state index in [1.165, 1.54) is 0 Å². The van der Waals surface area contributed by atoms with Crippen LogP contribution in [0, 0.1) is 0 Å². The standard InChI is InChI=1S/C48H32O4/c1-5-17-37(18-6-1)33-49-45-29-41-25-13-14-27-43-31-47(51-35-39-21-9-3-10-22-39)48(52-36-40-23-11-4-12-24-40)32-44(43)28-16-15-26-42(41)30-46(45)50-34-38-19-7-2-8-20-38/h1-12,17-24,29-32H,33-36H2. The summed E-state index contributed by atoms with van der Waals surface area (Å²) in [6.45, 7) is 1.48. The second kappa shape index (κ2) is 16.9. The van der Waals surface area contributed by atoms with E-state index >= 15 is 0 Å². The molecule has 7 rings (SSSR count). The lowest BCUT2D eigenvalue weighted by molar-refractivity contribution is 0.255. The molecule has 0 saturated heterocycles. The predicted octanol–water partition coefficient (Wildman–Crippen LogP) is 6.97. The van der Waals surface area contributed by atoms with Crippen molar-refractivity contribution in [2.75, 3.05) is 0 Å². The average Bonchev–Trinajstić information content (AvgIpc) is 3.20. The third-order valence-corrected chi connectivity index (χ3v) is 8.03. The molecule has 0 amide bonds. The molecule has 0 bridgehead atoms. The van der Waals surface area contributed by atoms with Crippen LogP contribution in [0.5, 0.6) is 23.0 Å². The Labute approximate surface area is 302 Å². The minimum Gasteiger partial charge on any atom is -0.485 e. The first-order chi connectivity index (χ1) is 25.8. The summed E-state index contributed by atoms with van der Waals surface area (Å²) in [6, 6.07) is 47.4. The fourth-order valence-corrected chi connectivity index (χ4v) is 5.32. The van der Waals surface area contributed by atoms with E-state index < -0.39 is 0 Å². The lowest BCUT2D eigenvalue weighted by Gasteiger charge is -2.13. The Hall–Kier alpha value is -7.24. The molecule has 0 heterocycles. The van der Waals surface area contributed by atoms with Crippen molar-refractivity contribution in [3.05, 3.63) is 212 Å². The highest BCUT2D eigenvalue weighted by atomic mass is 16.5. The van der Waals surface area contributed by atoms with Crippen LogP contribution in [0.1, 0.15) is 22.3 Å². The SMILES string of the molecule is C1=C=C=c2cc(OCc3ccccc3)c(OCc3ccccc3)cc2=C=C=C=C=c2cc(OCc3ccccc3)c(OCc3ccccc3)cc2=C=1. The number of hydrogen-bond donors (Lipinski definition) is 0. The van der Waals surface area contributed by atoms with E-state index in [9.17, 15) is 0 Å². The molecule has 4 heteroatoms. The monoisotopic (exact) mass is 672 g/mol. The number of rotatable bonds is 12. The Morgan fingerprint density at radius 1 is 0.288 bits per heavy atom. The van der Waals surface area contributed by atoms with Gasteiger partial charge in [0.1, 0.15) is 26.4 Å². The Balaban J connectivity index is 1.34. The molecule has 1 aliphatic rings. The van der Waals surface area contributed by atoms with E-state index in [2.05, 4.69) is 45.8 Å². The van der Waals surface area contributed by atoms with Crippen molar-refractivity contribution in [1.29, 1.82) is 0 Å². The van der Waals surface area contributed by atoms with Crippen LogP contribution in [0.15, 0.2) is 169 Å². The van der Waals surface area contributed by atoms with Crippen LogP contribution in [0.3, 0.4) is 0 Å². The third kappa shape index (κ3) is 9.05. The normalized spacial score (nSPS) is 10.6. The van der Waals surface area contributed by atoms with Crippen LogP contribution >= 0.6 is 0 Å². The van der Waals surface area contributed by atoms with Crippen molar-refractivity contribution in [3.8, 4) is 23.0 Å². The van der Waals surface area contributed by atoms with Crippen molar-refractivity contribution in [2.45, 2.75) is 26.4 Å². The molecule has 1 aliphatic carbocycles. The van der Waals surface area contributed by atoms with Crippen LogP contribution < -0.4 is 39.8 Å². The van der Waals surface area contributed by atoms with Gasteiger partial charge in [0.05, 0.1) is 0 Å². The molecule has 248 valence electrons. The number of hydrogen-bond acceptors (Lipinski definition) is 4. The first-order valence-electron chi connectivity index (χ1n) is 16.8. The van der Waals surface area contributed by atoms with Gasteiger partial charge in [-0.2, -0.15) is 0 Å². The first kappa shape index (κ1) is 33.3. The van der Waals surface area contributed by atoms with Crippen LogP contribution in [0.2, 0.25) is 0 Å². The van der Waals surface area contributed by atoms with Gasteiger partial charge in [-0.3, -0.25) is 0 Å². The topological polar surface area (TPSA) is 36.9 Å². The zero-order chi connectivity index (χ0) is 35.2. The van der Waals surface area contributed by atoms with Crippen LogP contribution in [-0.4, -0.2) is 0 Å². The minimum atomic E-state index is 0.369. The molecule has 0 atom stereocenters. The van der Waals surface area contributed by atoms with Crippen molar-refractivity contribution < 1.29 is 18.9 Å². The van der Waals surface area contributed by atoms with Gasteiger partial charge in [0.25, 0.3) is 0 Å². The Morgan fingerprint density at radius 2 is 0.500 bits per heavy atom. The van der Waals surface area contributed by atoms with Gasteiger partial charge in [0, 0.05) is 45.1 Å². The Kier molecular flexibility index (Phi) is 10.8. The zero-order valence-electron chi connectivity index (χ0n) is 28.3. The molecule has 52 heavy (non-hydrogen) atoms. The van der Waals surface area contributed by atoms with Gasteiger partial charge < -0.3 is 18.9 Å². The summed E-state index contributed by atoms with van der Waals surface area (Å²) in [5.41, 5.74) is 29.0. The lowest BCUT2D eigenvalue weighted by Crippen LogP contribution is -2.23. The zero-order valence-corrected chi connectivity index (χ0v) is 28.3. The summed E-state index contributed by atoms with van der Waals surface area (Å²) < 4.78 is 25.2. The van der Waals surface area contributed by atoms with Crippen LogP contribution in [-0.2, 0) is 26.4 Å². The molecule has 6 aromatic carbocycles. The van der Waals surface area contributed by atoms with E-state index in [1.807, 2.05) is 146 Å². The second-order valence-corrected chi connectivity index (χ2v) is 11.8. The molecule has 0 unspecified atom stereocenters. The molecule has 0 fully saturated rings. The molecule has 0 aliphatic heterocycles. The summed E-state index contributed by atoms with van der Waals surface area (Å²) in [5.74, 6) is 2.26. The molecular formula is C48H32O4. The number of benzene rings is 6. The molecule has 0 saturated carbocycles. The highest BCUT2D eigenvalue weighted by Crippen LogP contribution is 2.27. The lowest BCUT2D eigenvalue weighted by atomic mass is 10.2. The molecule has 0 aromatic heterocycles. The van der Waals surface area contributed by atoms with E-state index in [0.29, 0.717) is 70.3 Å². The van der Waals surface area contributed by atoms with E-state index in [4.69, 9.17) is 18.9 Å². The summed E-state index contributed by atoms with van der Waals surface area (Å²) >= 11 is 0. The fraction of sp³-hybridized carbons (Fsp3) is 0.0833. The molecule has 0 radical (unpaired) electrons. The van der Waals surface area contributed by atoms with E-state index in [1.54, 1.807) is 0 Å². The molecule has 4 nitrogen and oxygen atoms in total. The van der Waals surface area contributed by atoms with Crippen LogP contribution in [0.25, 0.3) is 22.9 Å².